The molecule has 4 N–H and O–H groups in total. The average Bonchev–Trinajstić information content (AvgIpc) is 2.76. The summed E-state index contributed by atoms with van der Waals surface area (Å²) in [6, 6.07) is -0.558. The monoisotopic (exact) mass is 271 g/mol. The fraction of sp³-hybridized carbons (Fsp3) is 0.600. The first-order valence-corrected chi connectivity index (χ1v) is 6.15. The van der Waals surface area contributed by atoms with Gasteiger partial charge in [-0.1, -0.05) is 30.4 Å². The molecule has 1 atom stereocenters. The van der Waals surface area contributed by atoms with Crippen LogP contribution < -0.4 is 11.1 Å². The number of rotatable bonds is 3. The first-order valence-electron chi connectivity index (χ1n) is 5.38. The molecule has 1 amide bonds. The molecule has 0 radical (unpaired) electrons. The summed E-state index contributed by atoms with van der Waals surface area (Å²) in [5, 5.41) is 18.0. The quantitative estimate of drug-likeness (QED) is 0.324. The first kappa shape index (κ1) is 14.4. The molecule has 0 saturated heterocycles. The van der Waals surface area contributed by atoms with E-state index in [0.717, 1.165) is 11.5 Å². The lowest BCUT2D eigenvalue weighted by molar-refractivity contribution is 0.0950. The van der Waals surface area contributed by atoms with Crippen molar-refractivity contribution in [3.8, 4) is 0 Å². The minimum Gasteiger partial charge on any atom is -0.409 e. The number of oxime groups is 1. The van der Waals surface area contributed by atoms with E-state index in [-0.39, 0.29) is 17.2 Å². The molecule has 0 aliphatic carbocycles. The van der Waals surface area contributed by atoms with Crippen molar-refractivity contribution in [1.82, 2.24) is 14.9 Å². The highest BCUT2D eigenvalue weighted by molar-refractivity contribution is 7.08. The highest BCUT2D eigenvalue weighted by Crippen LogP contribution is 2.25. The Morgan fingerprint density at radius 1 is 1.56 bits per heavy atom. The van der Waals surface area contributed by atoms with Crippen molar-refractivity contribution < 1.29 is 10.0 Å². The van der Waals surface area contributed by atoms with Gasteiger partial charge in [0.2, 0.25) is 0 Å². The highest BCUT2D eigenvalue weighted by atomic mass is 32.1. The summed E-state index contributed by atoms with van der Waals surface area (Å²) in [5.41, 5.74) is 5.77. The van der Waals surface area contributed by atoms with Crippen molar-refractivity contribution in [2.24, 2.45) is 10.9 Å². The summed E-state index contributed by atoms with van der Waals surface area (Å²) in [4.78, 5) is 12.5. The molecule has 0 spiro atoms. The van der Waals surface area contributed by atoms with Gasteiger partial charge in [0.05, 0.1) is 11.7 Å². The SMILES string of the molecule is CC(NC(=O)c1snnc1C(C)(C)C)C(N)=NO. The van der Waals surface area contributed by atoms with Crippen LogP contribution in [0.3, 0.4) is 0 Å². The molecule has 0 aromatic carbocycles. The van der Waals surface area contributed by atoms with Gasteiger partial charge in [-0.05, 0) is 18.5 Å². The Morgan fingerprint density at radius 3 is 2.67 bits per heavy atom. The van der Waals surface area contributed by atoms with Crippen LogP contribution in [0, 0.1) is 0 Å². The Bertz CT molecular complexity index is 463. The number of hydrogen-bond donors (Lipinski definition) is 3. The Labute approximate surface area is 109 Å². The third kappa shape index (κ3) is 3.16. The van der Waals surface area contributed by atoms with Gasteiger partial charge >= 0.3 is 0 Å². The van der Waals surface area contributed by atoms with E-state index in [4.69, 9.17) is 10.9 Å². The van der Waals surface area contributed by atoms with E-state index >= 15 is 0 Å². The largest absolute Gasteiger partial charge is 0.409 e. The number of nitrogens with zero attached hydrogens (tertiary/aromatic N) is 3. The van der Waals surface area contributed by atoms with E-state index < -0.39 is 6.04 Å². The molecule has 0 aliphatic heterocycles. The van der Waals surface area contributed by atoms with Crippen LogP contribution in [0.4, 0.5) is 0 Å². The maximum absolute atomic E-state index is 12.0. The molecule has 0 bridgehead atoms. The molecule has 0 saturated carbocycles. The number of carbonyl (C=O) groups is 1. The molecular weight excluding hydrogens is 254 g/mol. The Kier molecular flexibility index (Phi) is 4.23. The van der Waals surface area contributed by atoms with Crippen molar-refractivity contribution >= 4 is 23.3 Å². The third-order valence-electron chi connectivity index (χ3n) is 2.31. The predicted octanol–water partition coefficient (Wildman–Crippen LogP) is 0.700. The third-order valence-corrected chi connectivity index (χ3v) is 3.04. The molecule has 1 aromatic rings. The Morgan fingerprint density at radius 2 is 2.17 bits per heavy atom. The van der Waals surface area contributed by atoms with Crippen molar-refractivity contribution in [2.75, 3.05) is 0 Å². The number of aromatic nitrogens is 2. The predicted molar refractivity (Wildman–Crippen MR) is 68.9 cm³/mol. The fourth-order valence-electron chi connectivity index (χ4n) is 1.25. The van der Waals surface area contributed by atoms with Gasteiger partial charge in [0, 0.05) is 5.41 Å². The number of hydrogen-bond acceptors (Lipinski definition) is 6. The lowest BCUT2D eigenvalue weighted by atomic mass is 9.91. The summed E-state index contributed by atoms with van der Waals surface area (Å²) in [6.07, 6.45) is 0. The van der Waals surface area contributed by atoms with Gasteiger partial charge in [-0.3, -0.25) is 4.79 Å². The van der Waals surface area contributed by atoms with Crippen LogP contribution in [0.1, 0.15) is 43.1 Å². The van der Waals surface area contributed by atoms with Crippen molar-refractivity contribution in [3.05, 3.63) is 10.6 Å². The van der Waals surface area contributed by atoms with Gasteiger partial charge in [0.15, 0.2) is 5.84 Å². The van der Waals surface area contributed by atoms with E-state index in [1.165, 1.54) is 0 Å². The molecule has 0 aliphatic rings. The van der Waals surface area contributed by atoms with Gasteiger partial charge < -0.3 is 16.3 Å². The van der Waals surface area contributed by atoms with Crippen LogP contribution in [0.5, 0.6) is 0 Å². The zero-order valence-corrected chi connectivity index (χ0v) is 11.6. The Balaban J connectivity index is 2.90. The van der Waals surface area contributed by atoms with E-state index in [0.29, 0.717) is 10.6 Å². The second-order valence-corrected chi connectivity index (χ2v) is 5.67. The van der Waals surface area contributed by atoms with Crippen LogP contribution in [0.15, 0.2) is 5.16 Å². The fourth-order valence-corrected chi connectivity index (χ4v) is 2.03. The number of amidine groups is 1. The molecule has 7 nitrogen and oxygen atoms in total. The van der Waals surface area contributed by atoms with E-state index in [1.54, 1.807) is 6.92 Å². The first-order chi connectivity index (χ1) is 8.27. The van der Waals surface area contributed by atoms with E-state index in [2.05, 4.69) is 20.1 Å². The van der Waals surface area contributed by atoms with Gasteiger partial charge in [0.1, 0.15) is 4.88 Å². The molecular formula is C10H17N5O2S. The topological polar surface area (TPSA) is 113 Å². The molecule has 0 fully saturated rings. The van der Waals surface area contributed by atoms with Crippen LogP contribution in [0.2, 0.25) is 0 Å². The molecule has 18 heavy (non-hydrogen) atoms. The highest BCUT2D eigenvalue weighted by Gasteiger charge is 2.27. The molecule has 1 rings (SSSR count). The second kappa shape index (κ2) is 5.30. The maximum Gasteiger partial charge on any atom is 0.265 e. The van der Waals surface area contributed by atoms with Crippen LogP contribution in [-0.4, -0.2) is 32.6 Å². The number of nitrogens with one attached hydrogen (secondary N) is 1. The number of amides is 1. The minimum atomic E-state index is -0.558. The number of carbonyl (C=O) groups excluding carboxylic acids is 1. The van der Waals surface area contributed by atoms with Gasteiger partial charge in [-0.15, -0.1) is 5.10 Å². The summed E-state index contributed by atoms with van der Waals surface area (Å²) < 4.78 is 3.80. The normalized spacial score (nSPS) is 14.3. The standard InChI is InChI=1S/C10H17N5O2S/c1-5(8(11)14-17)12-9(16)6-7(10(2,3)4)13-15-18-6/h5,17H,1-4H3,(H2,11,14)(H,12,16). The maximum atomic E-state index is 12.0. The summed E-state index contributed by atoms with van der Waals surface area (Å²) in [7, 11) is 0. The molecule has 8 heteroatoms. The molecule has 100 valence electrons. The molecule has 1 heterocycles. The zero-order valence-electron chi connectivity index (χ0n) is 10.8. The van der Waals surface area contributed by atoms with Crippen LogP contribution in [-0.2, 0) is 5.41 Å². The van der Waals surface area contributed by atoms with Gasteiger partial charge in [-0.25, -0.2) is 0 Å². The minimum absolute atomic E-state index is 0.0573. The number of nitrogens with two attached hydrogens (primary N) is 1. The van der Waals surface area contributed by atoms with Crippen LogP contribution >= 0.6 is 11.5 Å². The molecule has 1 unspecified atom stereocenters. The van der Waals surface area contributed by atoms with E-state index in [1.807, 2.05) is 20.8 Å². The smallest absolute Gasteiger partial charge is 0.265 e. The van der Waals surface area contributed by atoms with Crippen molar-refractivity contribution in [3.63, 3.8) is 0 Å². The zero-order chi connectivity index (χ0) is 13.9. The van der Waals surface area contributed by atoms with Crippen molar-refractivity contribution in [2.45, 2.75) is 39.2 Å². The van der Waals surface area contributed by atoms with E-state index in [9.17, 15) is 4.79 Å². The summed E-state index contributed by atoms with van der Waals surface area (Å²) in [6.45, 7) is 7.48. The molecule has 1 aromatic heterocycles. The van der Waals surface area contributed by atoms with Crippen molar-refractivity contribution in [1.29, 1.82) is 0 Å². The summed E-state index contributed by atoms with van der Waals surface area (Å²) in [5.74, 6) is -0.382. The van der Waals surface area contributed by atoms with Gasteiger partial charge in [0.25, 0.3) is 5.91 Å². The van der Waals surface area contributed by atoms with Crippen LogP contribution in [0.25, 0.3) is 0 Å². The lowest BCUT2D eigenvalue weighted by Crippen LogP contribution is -2.42. The summed E-state index contributed by atoms with van der Waals surface area (Å²) >= 11 is 1.03. The Hall–Kier alpha value is -1.70. The lowest BCUT2D eigenvalue weighted by Gasteiger charge is -2.17. The average molecular weight is 271 g/mol. The van der Waals surface area contributed by atoms with Gasteiger partial charge in [-0.2, -0.15) is 0 Å². The second-order valence-electron chi connectivity index (χ2n) is 4.92.